The van der Waals surface area contributed by atoms with Crippen LogP contribution in [0.15, 0.2) is 24.3 Å². The van der Waals surface area contributed by atoms with Crippen LogP contribution < -0.4 is 5.32 Å². The third-order valence-electron chi connectivity index (χ3n) is 3.69. The summed E-state index contributed by atoms with van der Waals surface area (Å²) < 4.78 is 7.05. The summed E-state index contributed by atoms with van der Waals surface area (Å²) in [5, 5.41) is 3.68. The highest BCUT2D eigenvalue weighted by atomic mass is 127. The molecular weight excluding hydrogens is 349 g/mol. The quantitative estimate of drug-likeness (QED) is 0.720. The van der Waals surface area contributed by atoms with E-state index in [0.717, 1.165) is 13.2 Å². The van der Waals surface area contributed by atoms with Gasteiger partial charge in [-0.05, 0) is 78.9 Å². The molecule has 0 amide bonds. The van der Waals surface area contributed by atoms with Crippen LogP contribution in [0.4, 0.5) is 0 Å². The van der Waals surface area contributed by atoms with Gasteiger partial charge in [-0.1, -0.05) is 19.1 Å². The SMILES string of the molecule is CCCNC(CCC1CCCO1)c1cccc(I)c1. The summed E-state index contributed by atoms with van der Waals surface area (Å²) in [6.07, 6.45) is 6.50. The van der Waals surface area contributed by atoms with E-state index in [1.807, 2.05) is 0 Å². The zero-order chi connectivity index (χ0) is 13.5. The van der Waals surface area contributed by atoms with E-state index in [9.17, 15) is 0 Å². The highest BCUT2D eigenvalue weighted by Gasteiger charge is 2.18. The van der Waals surface area contributed by atoms with E-state index >= 15 is 0 Å². The highest BCUT2D eigenvalue weighted by Crippen LogP contribution is 2.25. The molecule has 1 aromatic carbocycles. The van der Waals surface area contributed by atoms with Gasteiger partial charge in [0.25, 0.3) is 0 Å². The van der Waals surface area contributed by atoms with Gasteiger partial charge in [0.2, 0.25) is 0 Å². The lowest BCUT2D eigenvalue weighted by atomic mass is 9.99. The molecule has 2 unspecified atom stereocenters. The fraction of sp³-hybridized carbons (Fsp3) is 0.625. The minimum absolute atomic E-state index is 0.471. The van der Waals surface area contributed by atoms with Crippen molar-refractivity contribution in [2.75, 3.05) is 13.2 Å². The smallest absolute Gasteiger partial charge is 0.0576 e. The maximum atomic E-state index is 5.74. The van der Waals surface area contributed by atoms with Gasteiger partial charge in [0.05, 0.1) is 6.10 Å². The number of rotatable bonds is 7. The van der Waals surface area contributed by atoms with E-state index in [-0.39, 0.29) is 0 Å². The topological polar surface area (TPSA) is 21.3 Å². The van der Waals surface area contributed by atoms with Crippen LogP contribution in [0.25, 0.3) is 0 Å². The van der Waals surface area contributed by atoms with Crippen molar-refractivity contribution in [1.29, 1.82) is 0 Å². The normalized spacial score (nSPS) is 20.6. The largest absolute Gasteiger partial charge is 0.378 e. The highest BCUT2D eigenvalue weighted by molar-refractivity contribution is 14.1. The first kappa shape index (κ1) is 15.3. The number of benzene rings is 1. The maximum absolute atomic E-state index is 5.74. The Kier molecular flexibility index (Phi) is 6.61. The van der Waals surface area contributed by atoms with Gasteiger partial charge in [-0.15, -0.1) is 0 Å². The van der Waals surface area contributed by atoms with Crippen LogP contribution in [-0.2, 0) is 4.74 Å². The van der Waals surface area contributed by atoms with Crippen LogP contribution in [0.5, 0.6) is 0 Å². The molecule has 1 N–H and O–H groups in total. The second-order valence-corrected chi connectivity index (χ2v) is 6.52. The molecule has 0 aromatic heterocycles. The molecule has 2 nitrogen and oxygen atoms in total. The van der Waals surface area contributed by atoms with Crippen molar-refractivity contribution in [2.24, 2.45) is 0 Å². The van der Waals surface area contributed by atoms with E-state index in [1.54, 1.807) is 0 Å². The van der Waals surface area contributed by atoms with Gasteiger partial charge in [-0.2, -0.15) is 0 Å². The summed E-state index contributed by atoms with van der Waals surface area (Å²) in [4.78, 5) is 0. The van der Waals surface area contributed by atoms with Gasteiger partial charge < -0.3 is 10.1 Å². The fourth-order valence-electron chi connectivity index (χ4n) is 2.65. The molecule has 0 aliphatic carbocycles. The average molecular weight is 373 g/mol. The first-order valence-electron chi connectivity index (χ1n) is 7.40. The van der Waals surface area contributed by atoms with E-state index < -0.39 is 0 Å². The molecule has 19 heavy (non-hydrogen) atoms. The molecular formula is C16H24INO. The van der Waals surface area contributed by atoms with Gasteiger partial charge in [0.15, 0.2) is 0 Å². The maximum Gasteiger partial charge on any atom is 0.0576 e. The van der Waals surface area contributed by atoms with Crippen molar-refractivity contribution < 1.29 is 4.74 Å². The monoisotopic (exact) mass is 373 g/mol. The first-order valence-corrected chi connectivity index (χ1v) is 8.48. The summed E-state index contributed by atoms with van der Waals surface area (Å²) in [5.74, 6) is 0. The zero-order valence-electron chi connectivity index (χ0n) is 11.7. The van der Waals surface area contributed by atoms with Crippen molar-refractivity contribution in [3.05, 3.63) is 33.4 Å². The van der Waals surface area contributed by atoms with Crippen LogP contribution in [0, 0.1) is 3.57 Å². The minimum atomic E-state index is 0.471. The standard InChI is InChI=1S/C16H24INO/c1-2-10-18-16(9-8-15-7-4-11-19-15)13-5-3-6-14(17)12-13/h3,5-6,12,15-16,18H,2,4,7-11H2,1H3. The second-order valence-electron chi connectivity index (χ2n) is 5.27. The molecule has 1 aliphatic heterocycles. The Morgan fingerprint density at radius 1 is 1.47 bits per heavy atom. The molecule has 0 bridgehead atoms. The van der Waals surface area contributed by atoms with Gasteiger partial charge in [0, 0.05) is 16.2 Å². The molecule has 1 fully saturated rings. The molecule has 1 saturated heterocycles. The van der Waals surface area contributed by atoms with Crippen LogP contribution in [-0.4, -0.2) is 19.3 Å². The molecule has 106 valence electrons. The third-order valence-corrected chi connectivity index (χ3v) is 4.36. The summed E-state index contributed by atoms with van der Waals surface area (Å²) in [6.45, 7) is 4.27. The Labute approximate surface area is 130 Å². The molecule has 0 saturated carbocycles. The van der Waals surface area contributed by atoms with E-state index in [0.29, 0.717) is 12.1 Å². The lowest BCUT2D eigenvalue weighted by molar-refractivity contribution is 0.0996. The van der Waals surface area contributed by atoms with Gasteiger partial charge in [-0.3, -0.25) is 0 Å². The third kappa shape index (κ3) is 5.04. The van der Waals surface area contributed by atoms with Crippen LogP contribution >= 0.6 is 22.6 Å². The second kappa shape index (κ2) is 8.22. The average Bonchev–Trinajstić information content (AvgIpc) is 2.92. The summed E-state index contributed by atoms with van der Waals surface area (Å²) in [5.41, 5.74) is 1.42. The molecule has 0 spiro atoms. The number of nitrogens with one attached hydrogen (secondary N) is 1. The van der Waals surface area contributed by atoms with Crippen molar-refractivity contribution in [3.8, 4) is 0 Å². The fourth-order valence-corrected chi connectivity index (χ4v) is 3.22. The number of ether oxygens (including phenoxy) is 1. The Morgan fingerprint density at radius 2 is 2.37 bits per heavy atom. The zero-order valence-corrected chi connectivity index (χ0v) is 13.9. The first-order chi connectivity index (χ1) is 9.29. The Morgan fingerprint density at radius 3 is 3.05 bits per heavy atom. The molecule has 1 aliphatic rings. The lowest BCUT2D eigenvalue weighted by Crippen LogP contribution is -2.23. The van der Waals surface area contributed by atoms with Gasteiger partial charge >= 0.3 is 0 Å². The molecule has 0 radical (unpaired) electrons. The Balaban J connectivity index is 1.94. The van der Waals surface area contributed by atoms with Crippen molar-refractivity contribution >= 4 is 22.6 Å². The van der Waals surface area contributed by atoms with Crippen molar-refractivity contribution in [3.63, 3.8) is 0 Å². The summed E-state index contributed by atoms with van der Waals surface area (Å²) in [6, 6.07) is 9.32. The van der Waals surface area contributed by atoms with Crippen molar-refractivity contribution in [2.45, 2.75) is 51.2 Å². The van der Waals surface area contributed by atoms with E-state index in [1.165, 1.54) is 41.2 Å². The number of hydrogen-bond donors (Lipinski definition) is 1. The molecule has 1 aromatic rings. The predicted molar refractivity (Wildman–Crippen MR) is 88.4 cm³/mol. The van der Waals surface area contributed by atoms with E-state index in [2.05, 4.69) is 59.1 Å². The van der Waals surface area contributed by atoms with Crippen molar-refractivity contribution in [1.82, 2.24) is 5.32 Å². The molecule has 2 rings (SSSR count). The molecule has 3 heteroatoms. The molecule has 1 heterocycles. The van der Waals surface area contributed by atoms with Crippen LogP contribution in [0.1, 0.15) is 50.6 Å². The molecule has 2 atom stereocenters. The van der Waals surface area contributed by atoms with Gasteiger partial charge in [-0.25, -0.2) is 0 Å². The summed E-state index contributed by atoms with van der Waals surface area (Å²) >= 11 is 2.39. The lowest BCUT2D eigenvalue weighted by Gasteiger charge is -2.21. The van der Waals surface area contributed by atoms with E-state index in [4.69, 9.17) is 4.74 Å². The Bertz CT molecular complexity index is 377. The summed E-state index contributed by atoms with van der Waals surface area (Å²) in [7, 11) is 0. The van der Waals surface area contributed by atoms with Gasteiger partial charge in [0.1, 0.15) is 0 Å². The Hall–Kier alpha value is -0.130. The number of halogens is 1. The number of hydrogen-bond acceptors (Lipinski definition) is 2. The van der Waals surface area contributed by atoms with Crippen LogP contribution in [0.2, 0.25) is 0 Å². The minimum Gasteiger partial charge on any atom is -0.378 e. The van der Waals surface area contributed by atoms with Crippen LogP contribution in [0.3, 0.4) is 0 Å². The predicted octanol–water partition coefficient (Wildman–Crippen LogP) is 4.29.